The predicted molar refractivity (Wildman–Crippen MR) is 82.8 cm³/mol. The van der Waals surface area contributed by atoms with E-state index < -0.39 is 0 Å². The van der Waals surface area contributed by atoms with Crippen molar-refractivity contribution in [1.29, 1.82) is 0 Å². The smallest absolute Gasteiger partial charge is 0.165 e. The molecule has 1 aromatic rings. The maximum atomic E-state index is 6.39. The molecule has 3 aliphatic rings. The minimum atomic E-state index is -0.122. The molecule has 2 aliphatic carbocycles. The molecule has 2 atom stereocenters. The fourth-order valence-corrected chi connectivity index (χ4v) is 4.50. The lowest BCUT2D eigenvalue weighted by atomic mass is 9.61. The quantitative estimate of drug-likeness (QED) is 0.906. The second-order valence-electron chi connectivity index (χ2n) is 7.67. The molecule has 1 heterocycles. The lowest BCUT2D eigenvalue weighted by Gasteiger charge is -2.52. The Labute approximate surface area is 126 Å². The third-order valence-electron chi connectivity index (χ3n) is 5.71. The van der Waals surface area contributed by atoms with Crippen LogP contribution in [0.25, 0.3) is 0 Å². The van der Waals surface area contributed by atoms with Crippen molar-refractivity contribution in [3.63, 3.8) is 0 Å². The molecule has 0 aromatic heterocycles. The van der Waals surface area contributed by atoms with E-state index in [2.05, 4.69) is 26.0 Å². The van der Waals surface area contributed by atoms with Crippen LogP contribution in [-0.2, 0) is 6.42 Å². The Bertz CT molecular complexity index is 560. The summed E-state index contributed by atoms with van der Waals surface area (Å²) < 4.78 is 12.5. The normalized spacial score (nSPS) is 31.6. The van der Waals surface area contributed by atoms with Crippen LogP contribution in [0.5, 0.6) is 11.5 Å². The van der Waals surface area contributed by atoms with Crippen LogP contribution in [0.1, 0.15) is 51.5 Å². The van der Waals surface area contributed by atoms with E-state index >= 15 is 0 Å². The molecule has 0 saturated heterocycles. The molecule has 1 aromatic carbocycles. The van der Waals surface area contributed by atoms with Crippen molar-refractivity contribution in [2.24, 2.45) is 11.1 Å². The number of hydrogen-bond acceptors (Lipinski definition) is 3. The predicted octanol–water partition coefficient (Wildman–Crippen LogP) is 3.44. The summed E-state index contributed by atoms with van der Waals surface area (Å²) in [5.41, 5.74) is 7.68. The number of rotatable bonds is 2. The second-order valence-corrected chi connectivity index (χ2v) is 7.67. The van der Waals surface area contributed by atoms with Gasteiger partial charge in [-0.2, -0.15) is 0 Å². The summed E-state index contributed by atoms with van der Waals surface area (Å²) in [5.74, 6) is 1.87. The van der Waals surface area contributed by atoms with Crippen LogP contribution in [-0.4, -0.2) is 17.7 Å². The first-order valence-corrected chi connectivity index (χ1v) is 8.23. The zero-order valence-electron chi connectivity index (χ0n) is 13.0. The number of ether oxygens (including phenoxy) is 2. The van der Waals surface area contributed by atoms with Gasteiger partial charge >= 0.3 is 0 Å². The van der Waals surface area contributed by atoms with Gasteiger partial charge in [0.1, 0.15) is 11.7 Å². The van der Waals surface area contributed by atoms with Gasteiger partial charge in [-0.05, 0) is 32.8 Å². The SMILES string of the molecule is CC1(C)Cc2cccc(OC3CC(N)C34CCCC4)c2O1. The monoisotopic (exact) mass is 287 g/mol. The molecular weight excluding hydrogens is 262 g/mol. The lowest BCUT2D eigenvalue weighted by molar-refractivity contribution is -0.0636. The molecule has 3 nitrogen and oxygen atoms in total. The molecule has 114 valence electrons. The number of benzene rings is 1. The highest BCUT2D eigenvalue weighted by Gasteiger charge is 2.56. The molecule has 0 amide bonds. The highest BCUT2D eigenvalue weighted by molar-refractivity contribution is 5.50. The van der Waals surface area contributed by atoms with Gasteiger partial charge in [0.2, 0.25) is 0 Å². The van der Waals surface area contributed by atoms with Gasteiger partial charge in [0.05, 0.1) is 0 Å². The fraction of sp³-hybridized carbons (Fsp3) is 0.667. The minimum absolute atomic E-state index is 0.122. The maximum absolute atomic E-state index is 6.39. The first-order chi connectivity index (χ1) is 10.0. The molecule has 2 unspecified atom stereocenters. The number of para-hydroxylation sites is 1. The van der Waals surface area contributed by atoms with Crippen molar-refractivity contribution in [3.05, 3.63) is 23.8 Å². The van der Waals surface area contributed by atoms with Crippen molar-refractivity contribution in [2.45, 2.75) is 70.1 Å². The number of fused-ring (bicyclic) bond motifs is 1. The fourth-order valence-electron chi connectivity index (χ4n) is 4.50. The Balaban J connectivity index is 1.58. The van der Waals surface area contributed by atoms with Crippen LogP contribution in [0.2, 0.25) is 0 Å². The van der Waals surface area contributed by atoms with Crippen molar-refractivity contribution < 1.29 is 9.47 Å². The van der Waals surface area contributed by atoms with Gasteiger partial charge in [0.15, 0.2) is 11.5 Å². The molecule has 3 heteroatoms. The molecule has 2 N–H and O–H groups in total. The van der Waals surface area contributed by atoms with Crippen molar-refractivity contribution in [2.75, 3.05) is 0 Å². The highest BCUT2D eigenvalue weighted by Crippen LogP contribution is 2.55. The summed E-state index contributed by atoms with van der Waals surface area (Å²) in [4.78, 5) is 0. The molecule has 0 radical (unpaired) electrons. The molecular formula is C18H25NO2. The van der Waals surface area contributed by atoms with Crippen LogP contribution in [0.3, 0.4) is 0 Å². The summed E-state index contributed by atoms with van der Waals surface area (Å²) in [6.45, 7) is 4.27. The third-order valence-corrected chi connectivity index (χ3v) is 5.71. The van der Waals surface area contributed by atoms with E-state index in [4.69, 9.17) is 15.2 Å². The highest BCUT2D eigenvalue weighted by atomic mass is 16.5. The van der Waals surface area contributed by atoms with Gasteiger partial charge in [0.25, 0.3) is 0 Å². The lowest BCUT2D eigenvalue weighted by Crippen LogP contribution is -2.62. The van der Waals surface area contributed by atoms with E-state index in [1.54, 1.807) is 0 Å². The molecule has 4 rings (SSSR count). The Hall–Kier alpha value is -1.22. The van der Waals surface area contributed by atoms with E-state index in [-0.39, 0.29) is 17.1 Å². The van der Waals surface area contributed by atoms with E-state index in [1.165, 1.54) is 31.2 Å². The van der Waals surface area contributed by atoms with Gasteiger partial charge in [-0.15, -0.1) is 0 Å². The Morgan fingerprint density at radius 1 is 1.24 bits per heavy atom. The summed E-state index contributed by atoms with van der Waals surface area (Å²) in [7, 11) is 0. The summed E-state index contributed by atoms with van der Waals surface area (Å²) in [6.07, 6.45) is 7.24. The molecule has 1 spiro atoms. The number of hydrogen-bond donors (Lipinski definition) is 1. The van der Waals surface area contributed by atoms with Crippen LogP contribution >= 0.6 is 0 Å². The van der Waals surface area contributed by atoms with Crippen LogP contribution in [0.4, 0.5) is 0 Å². The van der Waals surface area contributed by atoms with Gasteiger partial charge in [-0.25, -0.2) is 0 Å². The van der Waals surface area contributed by atoms with Crippen molar-refractivity contribution >= 4 is 0 Å². The summed E-state index contributed by atoms with van der Waals surface area (Å²) in [5, 5.41) is 0. The standard InChI is InChI=1S/C18H25NO2/c1-17(2)11-12-6-5-7-13(16(12)21-17)20-15-10-14(19)18(15)8-3-4-9-18/h5-7,14-15H,3-4,8-11,19H2,1-2H3. The van der Waals surface area contributed by atoms with E-state index in [0.29, 0.717) is 6.04 Å². The van der Waals surface area contributed by atoms with Gasteiger partial charge in [-0.1, -0.05) is 25.0 Å². The van der Waals surface area contributed by atoms with Crippen LogP contribution < -0.4 is 15.2 Å². The molecule has 2 fully saturated rings. The Morgan fingerprint density at radius 3 is 2.71 bits per heavy atom. The third kappa shape index (κ3) is 1.97. The molecule has 1 aliphatic heterocycles. The van der Waals surface area contributed by atoms with Crippen LogP contribution in [0, 0.1) is 5.41 Å². The second kappa shape index (κ2) is 4.39. The molecule has 21 heavy (non-hydrogen) atoms. The van der Waals surface area contributed by atoms with Gasteiger partial charge in [0, 0.05) is 29.9 Å². The number of nitrogens with two attached hydrogens (primary N) is 1. The first-order valence-electron chi connectivity index (χ1n) is 8.23. The molecule has 0 bridgehead atoms. The van der Waals surface area contributed by atoms with Gasteiger partial charge < -0.3 is 15.2 Å². The summed E-state index contributed by atoms with van der Waals surface area (Å²) in [6, 6.07) is 6.60. The van der Waals surface area contributed by atoms with E-state index in [0.717, 1.165) is 24.3 Å². The van der Waals surface area contributed by atoms with Crippen molar-refractivity contribution in [3.8, 4) is 11.5 Å². The van der Waals surface area contributed by atoms with Crippen molar-refractivity contribution in [1.82, 2.24) is 0 Å². The average molecular weight is 287 g/mol. The zero-order valence-corrected chi connectivity index (χ0v) is 13.0. The topological polar surface area (TPSA) is 44.5 Å². The maximum Gasteiger partial charge on any atom is 0.165 e. The minimum Gasteiger partial charge on any atom is -0.486 e. The van der Waals surface area contributed by atoms with E-state index in [1.807, 2.05) is 6.07 Å². The largest absolute Gasteiger partial charge is 0.486 e. The summed E-state index contributed by atoms with van der Waals surface area (Å²) >= 11 is 0. The molecule has 2 saturated carbocycles. The Kier molecular flexibility index (Phi) is 2.81. The Morgan fingerprint density at radius 2 is 2.00 bits per heavy atom. The van der Waals surface area contributed by atoms with E-state index in [9.17, 15) is 0 Å². The van der Waals surface area contributed by atoms with Crippen LogP contribution in [0.15, 0.2) is 18.2 Å². The average Bonchev–Trinajstić information content (AvgIpc) is 3.03. The van der Waals surface area contributed by atoms with Gasteiger partial charge in [-0.3, -0.25) is 0 Å². The first kappa shape index (κ1) is 13.4. The zero-order chi connectivity index (χ0) is 14.7.